The van der Waals surface area contributed by atoms with Gasteiger partial charge < -0.3 is 34.8 Å². The SMILES string of the molecule is C.C=C[N+](Cc1ccccc1)=c1ccc2c(-c3ccccc3C(=O)[O-])c3ccc([N+](=Cc4ccccc4)CCOC(=O)NCCCCCCCCCCCCCCCCCC)cc3oc-2c1.CCCCCCCCCCCCCCCCCCNC(=O)O. The van der Waals surface area contributed by atoms with Crippen LogP contribution in [0.25, 0.3) is 33.4 Å². The van der Waals surface area contributed by atoms with Gasteiger partial charge in [0.25, 0.3) is 0 Å². The molecule has 6 rings (SSSR count). The van der Waals surface area contributed by atoms with E-state index in [1.165, 1.54) is 180 Å². The minimum Gasteiger partial charge on any atom is -0.545 e. The Morgan fingerprint density at radius 1 is 0.557 bits per heavy atom. The summed E-state index contributed by atoms with van der Waals surface area (Å²) in [4.78, 5) is 35.5. The lowest BCUT2D eigenvalue weighted by atomic mass is 9.90. The molecule has 88 heavy (non-hydrogen) atoms. The van der Waals surface area contributed by atoms with Gasteiger partial charge in [0.1, 0.15) is 11.3 Å². The van der Waals surface area contributed by atoms with Crippen molar-refractivity contribution in [2.75, 3.05) is 26.2 Å². The first-order valence-corrected chi connectivity index (χ1v) is 33.8. The number of carbonyl (C=O) groups is 3. The number of carboxylic acids is 1. The van der Waals surface area contributed by atoms with Gasteiger partial charge in [0.15, 0.2) is 32.1 Å². The smallest absolute Gasteiger partial charge is 0.407 e. The van der Waals surface area contributed by atoms with E-state index in [0.29, 0.717) is 43.1 Å². The van der Waals surface area contributed by atoms with Gasteiger partial charge >= 0.3 is 12.2 Å². The Morgan fingerprint density at radius 3 is 1.53 bits per heavy atom. The van der Waals surface area contributed by atoms with Crippen LogP contribution in [-0.2, 0) is 11.3 Å². The highest BCUT2D eigenvalue weighted by Gasteiger charge is 2.23. The van der Waals surface area contributed by atoms with Crippen LogP contribution in [0.1, 0.15) is 248 Å². The number of alkyl carbamates (subject to hydrolysis) is 1. The van der Waals surface area contributed by atoms with Crippen molar-refractivity contribution in [2.24, 2.45) is 0 Å². The fraction of sp³-hybridized carbons (Fsp3) is 0.519. The van der Waals surface area contributed by atoms with E-state index in [4.69, 9.17) is 14.3 Å². The average molecular weight is 1200 g/mol. The molecule has 0 fully saturated rings. The molecule has 0 bridgehead atoms. The van der Waals surface area contributed by atoms with Crippen LogP contribution in [0.4, 0.5) is 15.3 Å². The Hall–Kier alpha value is -7.01. The molecule has 0 aromatic heterocycles. The molecule has 2 aliphatic rings. The predicted molar refractivity (Wildman–Crippen MR) is 366 cm³/mol. The Labute approximate surface area is 530 Å². The number of amides is 2. The molecule has 0 radical (unpaired) electrons. The average Bonchev–Trinajstić information content (AvgIpc) is 1.32. The summed E-state index contributed by atoms with van der Waals surface area (Å²) in [6.45, 7) is 11.0. The summed E-state index contributed by atoms with van der Waals surface area (Å²) in [7, 11) is 0. The summed E-state index contributed by atoms with van der Waals surface area (Å²) in [6.07, 6.45) is 45.0. The van der Waals surface area contributed by atoms with Crippen molar-refractivity contribution in [3.05, 3.63) is 156 Å². The number of ether oxygens (including phenoxy) is 1. The van der Waals surface area contributed by atoms with Gasteiger partial charge in [0.2, 0.25) is 11.0 Å². The van der Waals surface area contributed by atoms with E-state index < -0.39 is 18.2 Å². The molecule has 0 spiro atoms. The normalized spacial score (nSPS) is 11.6. The first kappa shape index (κ1) is 73.5. The highest BCUT2D eigenvalue weighted by atomic mass is 16.5. The maximum Gasteiger partial charge on any atom is 0.407 e. The zero-order valence-corrected chi connectivity index (χ0v) is 53.4. The van der Waals surface area contributed by atoms with Gasteiger partial charge in [-0.25, -0.2) is 9.59 Å². The van der Waals surface area contributed by atoms with Crippen LogP contribution < -0.4 is 25.7 Å². The van der Waals surface area contributed by atoms with Crippen molar-refractivity contribution in [2.45, 2.75) is 233 Å². The third-order valence-corrected chi connectivity index (χ3v) is 16.5. The van der Waals surface area contributed by atoms with E-state index >= 15 is 0 Å². The Balaban J connectivity index is 0.000000612. The van der Waals surface area contributed by atoms with Crippen molar-refractivity contribution in [3.63, 3.8) is 0 Å². The van der Waals surface area contributed by atoms with Crippen LogP contribution in [0, 0.1) is 0 Å². The zero-order valence-electron chi connectivity index (χ0n) is 53.4. The summed E-state index contributed by atoms with van der Waals surface area (Å²) >= 11 is 0. The van der Waals surface area contributed by atoms with Gasteiger partial charge in [0.05, 0.1) is 18.1 Å². The Morgan fingerprint density at radius 2 is 1.03 bits per heavy atom. The number of carbonyl (C=O) groups excluding carboxylic acids is 2. The van der Waals surface area contributed by atoms with Crippen LogP contribution in [0.2, 0.25) is 0 Å². The molecule has 0 unspecified atom stereocenters. The molecule has 2 amide bonds. The number of aromatic carboxylic acids is 1. The monoisotopic (exact) mass is 1200 g/mol. The second kappa shape index (κ2) is 46.2. The van der Waals surface area contributed by atoms with E-state index in [9.17, 15) is 19.5 Å². The third kappa shape index (κ3) is 29.3. The number of hydrogen-bond donors (Lipinski definition) is 3. The van der Waals surface area contributed by atoms with Gasteiger partial charge in [-0.2, -0.15) is 9.15 Å². The summed E-state index contributed by atoms with van der Waals surface area (Å²) in [5.41, 5.74) is 5.61. The fourth-order valence-electron chi connectivity index (χ4n) is 11.4. The van der Waals surface area contributed by atoms with Gasteiger partial charge in [-0.3, -0.25) is 0 Å². The summed E-state index contributed by atoms with van der Waals surface area (Å²) in [5.74, 6) is -0.674. The quantitative estimate of drug-likeness (QED) is 0.0149. The highest BCUT2D eigenvalue weighted by Crippen LogP contribution is 2.42. The molecule has 4 aromatic rings. The fourth-order valence-corrected chi connectivity index (χ4v) is 11.4. The van der Waals surface area contributed by atoms with E-state index in [1.54, 1.807) is 18.3 Å². The van der Waals surface area contributed by atoms with Crippen LogP contribution in [0.15, 0.2) is 139 Å². The molecule has 4 aromatic carbocycles. The second-order valence-electron chi connectivity index (χ2n) is 23.6. The van der Waals surface area contributed by atoms with Crippen LogP contribution >= 0.6 is 0 Å². The standard InChI is InChI=1S/C57H67N3O5.C19H39NO2.CH4/c1-3-5-6-7-8-9-10-11-12-13-14-15-16-17-18-27-38-58-57(63)64-40-39-60(44-46-30-23-20-24-31-46)48-35-37-52-54(42-48)65-53-41-47(59(4-2)43-45-28-21-19-22-29-45)34-36-51(53)55(52)49-32-25-26-33-50(49)56(61)62;1-2-3-4-5-6-7-8-9-10-11-12-13-14-15-16-17-18-20-19(21)22;/h4,19-26,28-37,41-42,44H,2-3,5-18,27,38-40,43H2,1H3;20H,2-18H2,1H3,(H,21,22);1H4/p+1. The number of nitrogens with one attached hydrogen (secondary N) is 2. The van der Waals surface area contributed by atoms with E-state index in [0.717, 1.165) is 64.4 Å². The van der Waals surface area contributed by atoms with Gasteiger partial charge in [0, 0.05) is 58.4 Å². The molecule has 480 valence electrons. The van der Waals surface area contributed by atoms with Crippen LogP contribution in [-0.4, -0.2) is 60.3 Å². The number of carboxylic acid groups (broad SMARTS) is 2. The molecule has 0 saturated carbocycles. The molecule has 11 nitrogen and oxygen atoms in total. The van der Waals surface area contributed by atoms with Crippen molar-refractivity contribution < 1.29 is 38.3 Å². The van der Waals surface area contributed by atoms with E-state index in [2.05, 4.69) is 43.2 Å². The number of unbranched alkanes of at least 4 members (excludes halogenated alkanes) is 30. The van der Waals surface area contributed by atoms with Crippen molar-refractivity contribution in [1.29, 1.82) is 0 Å². The van der Waals surface area contributed by atoms with E-state index in [-0.39, 0.29) is 19.6 Å². The number of fused-ring (bicyclic) bond motifs is 2. The molecule has 1 heterocycles. The van der Waals surface area contributed by atoms with Gasteiger partial charge in [-0.1, -0.05) is 287 Å². The first-order chi connectivity index (χ1) is 42.7. The number of benzene rings is 5. The van der Waals surface area contributed by atoms with Gasteiger partial charge in [-0.15, -0.1) is 0 Å². The lowest BCUT2D eigenvalue weighted by molar-refractivity contribution is -0.438. The molecule has 1 aliphatic carbocycles. The molecule has 3 N–H and O–H groups in total. The zero-order chi connectivity index (χ0) is 61.8. The van der Waals surface area contributed by atoms with Crippen molar-refractivity contribution in [1.82, 2.24) is 15.2 Å². The maximum absolute atomic E-state index is 12.8. The van der Waals surface area contributed by atoms with Gasteiger partial charge in [-0.05, 0) is 49.2 Å². The number of nitrogens with zero attached hydrogens (tertiary/aromatic N) is 2. The highest BCUT2D eigenvalue weighted by molar-refractivity contribution is 6.07. The summed E-state index contributed by atoms with van der Waals surface area (Å²) in [5, 5.41) is 27.9. The molecular weight excluding hydrogens is 1090 g/mol. The Bertz CT molecular complexity index is 2930. The largest absolute Gasteiger partial charge is 0.545 e. The van der Waals surface area contributed by atoms with Crippen molar-refractivity contribution >= 4 is 41.0 Å². The number of hydrogen-bond acceptors (Lipinski definition) is 6. The Kier molecular flexibility index (Phi) is 38.5. The third-order valence-electron chi connectivity index (χ3n) is 16.5. The molecule has 0 saturated heterocycles. The summed E-state index contributed by atoms with van der Waals surface area (Å²) < 4.78 is 16.5. The molecule has 0 atom stereocenters. The van der Waals surface area contributed by atoms with Crippen LogP contribution in [0.3, 0.4) is 0 Å². The molecule has 11 heteroatoms. The van der Waals surface area contributed by atoms with Crippen LogP contribution in [0.5, 0.6) is 0 Å². The second-order valence-corrected chi connectivity index (χ2v) is 23.6. The molecule has 1 aliphatic heterocycles. The molecular formula is C77H111N4O7+. The van der Waals surface area contributed by atoms with E-state index in [1.807, 2.05) is 112 Å². The van der Waals surface area contributed by atoms with Crippen molar-refractivity contribution in [3.8, 4) is 22.5 Å². The topological polar surface area (TPSA) is 147 Å². The minimum atomic E-state index is -1.26. The lowest BCUT2D eigenvalue weighted by Gasteiger charge is -2.18. The maximum atomic E-state index is 12.8. The minimum absolute atomic E-state index is 0. The first-order valence-electron chi connectivity index (χ1n) is 33.8. The summed E-state index contributed by atoms with van der Waals surface area (Å²) in [6, 6.07) is 38.9. The number of rotatable bonds is 44. The lowest BCUT2D eigenvalue weighted by Crippen LogP contribution is -2.27. The predicted octanol–water partition coefficient (Wildman–Crippen LogP) is 19.6.